The molecule has 2 unspecified atom stereocenters. The van der Waals surface area contributed by atoms with Crippen molar-refractivity contribution in [2.45, 2.75) is 38.1 Å². The summed E-state index contributed by atoms with van der Waals surface area (Å²) in [6.07, 6.45) is 5.84. The van der Waals surface area contributed by atoms with E-state index in [9.17, 15) is 5.26 Å². The molecule has 1 aliphatic carbocycles. The molecule has 2 heteroatoms. The number of hydrogen-bond donors (Lipinski definition) is 0. The van der Waals surface area contributed by atoms with Gasteiger partial charge in [0.05, 0.1) is 12.0 Å². The Morgan fingerprint density at radius 3 is 2.67 bits per heavy atom. The second-order valence-electron chi connectivity index (χ2n) is 5.30. The topological polar surface area (TPSA) is 27.0 Å². The summed E-state index contributed by atoms with van der Waals surface area (Å²) in [6.45, 7) is 1.05. The van der Waals surface area contributed by atoms with Crippen LogP contribution in [0.15, 0.2) is 30.3 Å². The second-order valence-corrected chi connectivity index (χ2v) is 5.30. The van der Waals surface area contributed by atoms with Gasteiger partial charge in [-0.3, -0.25) is 0 Å². The van der Waals surface area contributed by atoms with E-state index in [-0.39, 0.29) is 5.92 Å². The van der Waals surface area contributed by atoms with Gasteiger partial charge >= 0.3 is 0 Å². The predicted molar refractivity (Wildman–Crippen MR) is 74.1 cm³/mol. The maximum absolute atomic E-state index is 9.22. The zero-order chi connectivity index (χ0) is 12.8. The van der Waals surface area contributed by atoms with Crippen molar-refractivity contribution in [3.63, 3.8) is 0 Å². The van der Waals surface area contributed by atoms with Crippen LogP contribution in [0.25, 0.3) is 0 Å². The third-order valence-corrected chi connectivity index (χ3v) is 4.06. The summed E-state index contributed by atoms with van der Waals surface area (Å²) in [4.78, 5) is 2.39. The van der Waals surface area contributed by atoms with Crippen LogP contribution in [-0.2, 0) is 6.42 Å². The van der Waals surface area contributed by atoms with Crippen LogP contribution in [0.3, 0.4) is 0 Å². The molecule has 0 amide bonds. The average Bonchev–Trinajstić information content (AvgIpc) is 2.45. The van der Waals surface area contributed by atoms with E-state index in [2.05, 4.69) is 48.3 Å². The molecule has 0 N–H and O–H groups in total. The molecule has 1 aromatic rings. The lowest BCUT2D eigenvalue weighted by Crippen LogP contribution is -2.40. The zero-order valence-electron chi connectivity index (χ0n) is 11.2. The molecule has 0 aromatic heterocycles. The van der Waals surface area contributed by atoms with Crippen molar-refractivity contribution in [2.24, 2.45) is 5.92 Å². The summed E-state index contributed by atoms with van der Waals surface area (Å²) in [5.74, 6) is 0.236. The first-order chi connectivity index (χ1) is 8.81. The van der Waals surface area contributed by atoms with Crippen molar-refractivity contribution < 1.29 is 0 Å². The van der Waals surface area contributed by atoms with E-state index >= 15 is 0 Å². The molecule has 1 aromatic carbocycles. The molecule has 0 bridgehead atoms. The molecule has 2 atom stereocenters. The highest BCUT2D eigenvalue weighted by molar-refractivity contribution is 5.15. The fourth-order valence-electron chi connectivity index (χ4n) is 2.91. The molecular weight excluding hydrogens is 220 g/mol. The van der Waals surface area contributed by atoms with Gasteiger partial charge in [-0.2, -0.15) is 5.26 Å². The summed E-state index contributed by atoms with van der Waals surface area (Å²) in [5.41, 5.74) is 1.38. The van der Waals surface area contributed by atoms with E-state index in [0.29, 0.717) is 6.04 Å². The molecule has 0 aliphatic heterocycles. The fraction of sp³-hybridized carbons (Fsp3) is 0.562. The minimum absolute atomic E-state index is 0.236. The standard InChI is InChI=1S/C16H22N2/c1-18(12-11-14-7-3-2-4-8-14)16-10-6-5-9-15(16)13-17/h2-4,7-8,15-16H,5-6,9-12H2,1H3. The third-order valence-electron chi connectivity index (χ3n) is 4.06. The van der Waals surface area contributed by atoms with Gasteiger partial charge in [-0.15, -0.1) is 0 Å². The summed E-state index contributed by atoms with van der Waals surface area (Å²) in [7, 11) is 2.17. The van der Waals surface area contributed by atoms with E-state index < -0.39 is 0 Å². The van der Waals surface area contributed by atoms with E-state index in [1.54, 1.807) is 0 Å². The van der Waals surface area contributed by atoms with Gasteiger partial charge in [0.2, 0.25) is 0 Å². The van der Waals surface area contributed by atoms with Crippen LogP contribution in [0.5, 0.6) is 0 Å². The molecule has 0 radical (unpaired) electrons. The van der Waals surface area contributed by atoms with Crippen LogP contribution in [-0.4, -0.2) is 24.5 Å². The average molecular weight is 242 g/mol. The molecule has 1 aliphatic rings. The summed E-state index contributed by atoms with van der Waals surface area (Å²) in [6, 6.07) is 13.5. The van der Waals surface area contributed by atoms with Crippen LogP contribution in [0, 0.1) is 17.2 Å². The first-order valence-electron chi connectivity index (χ1n) is 6.95. The minimum Gasteiger partial charge on any atom is -0.302 e. The quantitative estimate of drug-likeness (QED) is 0.810. The monoisotopic (exact) mass is 242 g/mol. The molecule has 1 fully saturated rings. The minimum atomic E-state index is 0.236. The van der Waals surface area contributed by atoms with Gasteiger partial charge in [0.25, 0.3) is 0 Å². The summed E-state index contributed by atoms with van der Waals surface area (Å²) < 4.78 is 0. The Bertz CT molecular complexity index is 393. The highest BCUT2D eigenvalue weighted by Crippen LogP contribution is 2.27. The van der Waals surface area contributed by atoms with Crippen LogP contribution < -0.4 is 0 Å². The van der Waals surface area contributed by atoms with Gasteiger partial charge < -0.3 is 4.90 Å². The fourth-order valence-corrected chi connectivity index (χ4v) is 2.91. The first kappa shape index (κ1) is 13.1. The van der Waals surface area contributed by atoms with E-state index in [0.717, 1.165) is 19.4 Å². The smallest absolute Gasteiger partial charge is 0.0672 e. The zero-order valence-corrected chi connectivity index (χ0v) is 11.2. The highest BCUT2D eigenvalue weighted by Gasteiger charge is 2.27. The molecule has 18 heavy (non-hydrogen) atoms. The first-order valence-corrected chi connectivity index (χ1v) is 6.95. The number of rotatable bonds is 4. The molecule has 1 saturated carbocycles. The van der Waals surface area contributed by atoms with Gasteiger partial charge in [0.1, 0.15) is 0 Å². The van der Waals surface area contributed by atoms with Crippen LogP contribution >= 0.6 is 0 Å². The normalized spacial score (nSPS) is 23.8. The number of nitriles is 1. The Morgan fingerprint density at radius 2 is 1.94 bits per heavy atom. The molecule has 2 rings (SSSR count). The van der Waals surface area contributed by atoms with Gasteiger partial charge in [0, 0.05) is 12.6 Å². The van der Waals surface area contributed by atoms with Crippen molar-refractivity contribution in [3.05, 3.63) is 35.9 Å². The lowest BCUT2D eigenvalue weighted by atomic mass is 9.84. The highest BCUT2D eigenvalue weighted by atomic mass is 15.1. The van der Waals surface area contributed by atoms with Crippen LogP contribution in [0.4, 0.5) is 0 Å². The molecule has 0 spiro atoms. The van der Waals surface area contributed by atoms with Crippen molar-refractivity contribution in [2.75, 3.05) is 13.6 Å². The largest absolute Gasteiger partial charge is 0.302 e. The maximum atomic E-state index is 9.22. The van der Waals surface area contributed by atoms with E-state index in [4.69, 9.17) is 0 Å². The lowest BCUT2D eigenvalue weighted by Gasteiger charge is -2.34. The molecular formula is C16H22N2. The lowest BCUT2D eigenvalue weighted by molar-refractivity contribution is 0.159. The van der Waals surface area contributed by atoms with E-state index in [1.165, 1.54) is 24.8 Å². The Hall–Kier alpha value is -1.33. The maximum Gasteiger partial charge on any atom is 0.0672 e. The number of benzene rings is 1. The molecule has 0 saturated heterocycles. The Kier molecular flexibility index (Phi) is 4.78. The summed E-state index contributed by atoms with van der Waals surface area (Å²) >= 11 is 0. The van der Waals surface area contributed by atoms with Crippen LogP contribution in [0.2, 0.25) is 0 Å². The van der Waals surface area contributed by atoms with E-state index in [1.807, 2.05) is 0 Å². The van der Waals surface area contributed by atoms with Gasteiger partial charge in [-0.05, 0) is 31.9 Å². The van der Waals surface area contributed by atoms with Crippen molar-refractivity contribution >= 4 is 0 Å². The summed E-state index contributed by atoms with van der Waals surface area (Å²) in [5, 5.41) is 9.22. The number of nitrogens with zero attached hydrogens (tertiary/aromatic N) is 2. The molecule has 0 heterocycles. The Morgan fingerprint density at radius 1 is 1.22 bits per heavy atom. The van der Waals surface area contributed by atoms with Gasteiger partial charge in [-0.25, -0.2) is 0 Å². The van der Waals surface area contributed by atoms with Gasteiger partial charge in [-0.1, -0.05) is 43.2 Å². The number of likely N-dealkylation sites (N-methyl/N-ethyl adjacent to an activating group) is 1. The van der Waals surface area contributed by atoms with Gasteiger partial charge in [0.15, 0.2) is 0 Å². The second kappa shape index (κ2) is 6.56. The van der Waals surface area contributed by atoms with Crippen molar-refractivity contribution in [1.29, 1.82) is 5.26 Å². The third kappa shape index (κ3) is 3.34. The SMILES string of the molecule is CN(CCc1ccccc1)C1CCCCC1C#N. The van der Waals surface area contributed by atoms with Crippen molar-refractivity contribution in [3.8, 4) is 6.07 Å². The molecule has 96 valence electrons. The Balaban J connectivity index is 1.87. The van der Waals surface area contributed by atoms with Crippen LogP contribution in [0.1, 0.15) is 31.2 Å². The predicted octanol–water partition coefficient (Wildman–Crippen LogP) is 3.24. The number of hydrogen-bond acceptors (Lipinski definition) is 2. The molecule has 2 nitrogen and oxygen atoms in total. The van der Waals surface area contributed by atoms with Crippen molar-refractivity contribution in [1.82, 2.24) is 4.90 Å². The Labute approximate surface area is 110 Å².